The van der Waals surface area contributed by atoms with Crippen LogP contribution in [0.5, 0.6) is 11.5 Å². The molecule has 0 saturated carbocycles. The Hall–Kier alpha value is -2.54. The number of Topliss-reactive ketones (excluding diaryl/α,β-unsaturated/α-hetero) is 1. The van der Waals surface area contributed by atoms with Crippen LogP contribution >= 0.6 is 0 Å². The summed E-state index contributed by atoms with van der Waals surface area (Å²) in [7, 11) is 5.33. The third kappa shape index (κ3) is 3.21. The minimum absolute atomic E-state index is 0.0348. The number of likely N-dealkylation sites (N-methyl/N-ethyl adjacent to an activating group) is 1. The standard InChI is InChI=1S/C17H22N2O5/c1-10(20)14-15(11-5-6-12(21)13(9-11)24-4)19(8-7-18(2)3)17(23)16(14)22/h5-6,9,15,21-22H,7-8H2,1-4H3/p+1/t15-/m0/s1. The van der Waals surface area contributed by atoms with Crippen molar-refractivity contribution < 1.29 is 29.4 Å². The molecule has 0 bridgehead atoms. The molecule has 0 radical (unpaired) electrons. The number of aromatic hydroxyl groups is 1. The largest absolute Gasteiger partial charge is 0.504 e. The maximum absolute atomic E-state index is 12.4. The summed E-state index contributed by atoms with van der Waals surface area (Å²) in [6.45, 7) is 2.37. The van der Waals surface area contributed by atoms with Crippen LogP contribution in [0.1, 0.15) is 18.5 Å². The van der Waals surface area contributed by atoms with Gasteiger partial charge in [0, 0.05) is 0 Å². The van der Waals surface area contributed by atoms with Crippen molar-refractivity contribution in [1.29, 1.82) is 0 Å². The normalized spacial score (nSPS) is 17.8. The lowest BCUT2D eigenvalue weighted by Gasteiger charge is -2.27. The summed E-state index contributed by atoms with van der Waals surface area (Å²) < 4.78 is 5.11. The molecule has 1 atom stereocenters. The minimum Gasteiger partial charge on any atom is -0.504 e. The summed E-state index contributed by atoms with van der Waals surface area (Å²) >= 11 is 0. The second kappa shape index (κ2) is 6.92. The number of hydrogen-bond donors (Lipinski definition) is 3. The summed E-state index contributed by atoms with van der Waals surface area (Å²) in [4.78, 5) is 27.0. The van der Waals surface area contributed by atoms with Crippen molar-refractivity contribution in [3.63, 3.8) is 0 Å². The van der Waals surface area contributed by atoms with E-state index in [2.05, 4.69) is 0 Å². The molecule has 0 aromatic heterocycles. The molecule has 0 unspecified atom stereocenters. The van der Waals surface area contributed by atoms with E-state index in [1.807, 2.05) is 14.1 Å². The molecule has 24 heavy (non-hydrogen) atoms. The fourth-order valence-corrected chi connectivity index (χ4v) is 2.80. The van der Waals surface area contributed by atoms with Gasteiger partial charge in [0.05, 0.1) is 45.9 Å². The van der Waals surface area contributed by atoms with Gasteiger partial charge < -0.3 is 24.7 Å². The van der Waals surface area contributed by atoms with Gasteiger partial charge in [0.1, 0.15) is 0 Å². The van der Waals surface area contributed by atoms with Gasteiger partial charge in [-0.25, -0.2) is 0 Å². The third-order valence-electron chi connectivity index (χ3n) is 4.06. The van der Waals surface area contributed by atoms with Gasteiger partial charge in [-0.1, -0.05) is 6.07 Å². The van der Waals surface area contributed by atoms with Gasteiger partial charge in [0.15, 0.2) is 23.0 Å². The Morgan fingerprint density at radius 2 is 2.00 bits per heavy atom. The van der Waals surface area contributed by atoms with Gasteiger partial charge in [-0.2, -0.15) is 0 Å². The van der Waals surface area contributed by atoms with E-state index in [1.165, 1.54) is 25.0 Å². The van der Waals surface area contributed by atoms with E-state index in [1.54, 1.807) is 12.1 Å². The van der Waals surface area contributed by atoms with Gasteiger partial charge in [-0.05, 0) is 24.6 Å². The number of aliphatic hydroxyl groups is 1. The van der Waals surface area contributed by atoms with E-state index >= 15 is 0 Å². The van der Waals surface area contributed by atoms with Crippen LogP contribution in [-0.4, -0.2) is 61.1 Å². The predicted molar refractivity (Wildman–Crippen MR) is 87.1 cm³/mol. The highest BCUT2D eigenvalue weighted by Crippen LogP contribution is 2.40. The molecule has 0 fully saturated rings. The monoisotopic (exact) mass is 335 g/mol. The summed E-state index contributed by atoms with van der Waals surface area (Å²) in [6, 6.07) is 3.95. The minimum atomic E-state index is -0.691. The molecule has 7 heteroatoms. The number of amides is 1. The van der Waals surface area contributed by atoms with Crippen molar-refractivity contribution in [2.75, 3.05) is 34.3 Å². The molecule has 1 heterocycles. The van der Waals surface area contributed by atoms with Crippen LogP contribution < -0.4 is 9.64 Å². The number of nitrogens with one attached hydrogen (secondary N) is 1. The second-order valence-electron chi connectivity index (χ2n) is 6.11. The van der Waals surface area contributed by atoms with E-state index in [4.69, 9.17) is 4.74 Å². The zero-order valence-electron chi connectivity index (χ0n) is 14.3. The number of carbonyl (C=O) groups excluding carboxylic acids is 2. The van der Waals surface area contributed by atoms with Gasteiger partial charge >= 0.3 is 0 Å². The lowest BCUT2D eigenvalue weighted by atomic mass is 9.96. The molecule has 1 aromatic rings. The van der Waals surface area contributed by atoms with Gasteiger partial charge in [-0.15, -0.1) is 0 Å². The van der Waals surface area contributed by atoms with E-state index in [0.29, 0.717) is 18.7 Å². The van der Waals surface area contributed by atoms with Crippen LogP contribution in [-0.2, 0) is 9.59 Å². The Kier molecular flexibility index (Phi) is 5.14. The second-order valence-corrected chi connectivity index (χ2v) is 6.11. The van der Waals surface area contributed by atoms with Crippen molar-refractivity contribution in [2.45, 2.75) is 13.0 Å². The molecule has 0 spiro atoms. The number of phenolic OH excluding ortho intramolecular Hbond substituents is 1. The summed E-state index contributed by atoms with van der Waals surface area (Å²) in [5, 5.41) is 19.9. The topological polar surface area (TPSA) is 91.5 Å². The Morgan fingerprint density at radius 1 is 1.33 bits per heavy atom. The summed E-state index contributed by atoms with van der Waals surface area (Å²) in [5.74, 6) is -1.22. The van der Waals surface area contributed by atoms with Crippen molar-refractivity contribution in [3.05, 3.63) is 35.1 Å². The van der Waals surface area contributed by atoms with Crippen LogP contribution in [0.3, 0.4) is 0 Å². The number of carbonyl (C=O) groups is 2. The Bertz CT molecular complexity index is 696. The van der Waals surface area contributed by atoms with Gasteiger partial charge in [0.2, 0.25) is 0 Å². The molecule has 1 aliphatic heterocycles. The highest BCUT2D eigenvalue weighted by molar-refractivity contribution is 6.08. The zero-order valence-corrected chi connectivity index (χ0v) is 14.3. The fraction of sp³-hybridized carbons (Fsp3) is 0.412. The first-order chi connectivity index (χ1) is 11.3. The van der Waals surface area contributed by atoms with E-state index in [-0.39, 0.29) is 22.9 Å². The van der Waals surface area contributed by atoms with Crippen LogP contribution in [0, 0.1) is 0 Å². The number of methoxy groups -OCH3 is 1. The number of quaternary nitrogens is 1. The number of ether oxygens (including phenoxy) is 1. The molecule has 0 aliphatic carbocycles. The quantitative estimate of drug-likeness (QED) is 0.671. The molecule has 1 aliphatic rings. The van der Waals surface area contributed by atoms with Crippen molar-refractivity contribution >= 4 is 11.7 Å². The summed E-state index contributed by atoms with van der Waals surface area (Å²) in [5.41, 5.74) is 0.669. The first-order valence-corrected chi connectivity index (χ1v) is 7.68. The molecule has 3 N–H and O–H groups in total. The highest BCUT2D eigenvalue weighted by atomic mass is 16.5. The van der Waals surface area contributed by atoms with Crippen LogP contribution in [0.4, 0.5) is 0 Å². The van der Waals surface area contributed by atoms with Gasteiger partial charge in [0.25, 0.3) is 5.91 Å². The number of rotatable bonds is 6. The molecule has 1 amide bonds. The Labute approximate surface area is 140 Å². The molecular weight excluding hydrogens is 312 g/mol. The van der Waals surface area contributed by atoms with E-state index in [0.717, 1.165) is 4.90 Å². The van der Waals surface area contributed by atoms with Crippen molar-refractivity contribution in [2.24, 2.45) is 0 Å². The Balaban J connectivity index is 2.50. The average Bonchev–Trinajstić information content (AvgIpc) is 2.77. The molecule has 0 saturated heterocycles. The highest BCUT2D eigenvalue weighted by Gasteiger charge is 2.42. The number of aliphatic hydroxyl groups excluding tert-OH is 1. The number of phenols is 1. The Morgan fingerprint density at radius 3 is 2.54 bits per heavy atom. The molecular formula is C17H23N2O5+. The van der Waals surface area contributed by atoms with E-state index < -0.39 is 17.7 Å². The number of ketones is 1. The average molecular weight is 335 g/mol. The zero-order chi connectivity index (χ0) is 18.0. The SMILES string of the molecule is COc1cc([C@H]2C(C(C)=O)=C(O)C(=O)N2CC[NH+](C)C)ccc1O. The number of nitrogens with zero attached hydrogens (tertiary/aromatic N) is 1. The number of benzene rings is 1. The fourth-order valence-electron chi connectivity index (χ4n) is 2.80. The van der Waals surface area contributed by atoms with Gasteiger partial charge in [-0.3, -0.25) is 9.59 Å². The van der Waals surface area contributed by atoms with Crippen LogP contribution in [0.2, 0.25) is 0 Å². The van der Waals surface area contributed by atoms with Crippen LogP contribution in [0.15, 0.2) is 29.5 Å². The number of hydrogen-bond acceptors (Lipinski definition) is 5. The third-order valence-corrected chi connectivity index (χ3v) is 4.06. The first kappa shape index (κ1) is 17.8. The lowest BCUT2D eigenvalue weighted by molar-refractivity contribution is -0.857. The smallest absolute Gasteiger partial charge is 0.290 e. The molecule has 1 aromatic carbocycles. The lowest BCUT2D eigenvalue weighted by Crippen LogP contribution is -3.06. The maximum Gasteiger partial charge on any atom is 0.290 e. The molecule has 130 valence electrons. The summed E-state index contributed by atoms with van der Waals surface area (Å²) in [6.07, 6.45) is 0. The van der Waals surface area contributed by atoms with Crippen LogP contribution in [0.25, 0.3) is 0 Å². The predicted octanol–water partition coefficient (Wildman–Crippen LogP) is -0.170. The molecule has 2 rings (SSSR count). The molecule has 7 nitrogen and oxygen atoms in total. The maximum atomic E-state index is 12.4. The van der Waals surface area contributed by atoms with E-state index in [9.17, 15) is 19.8 Å². The van der Waals surface area contributed by atoms with Crippen molar-refractivity contribution in [1.82, 2.24) is 4.90 Å². The first-order valence-electron chi connectivity index (χ1n) is 7.68. The van der Waals surface area contributed by atoms with Crippen molar-refractivity contribution in [3.8, 4) is 11.5 Å².